The Kier molecular flexibility index (Phi) is 8.31. The van der Waals surface area contributed by atoms with E-state index in [0.29, 0.717) is 31.8 Å². The van der Waals surface area contributed by atoms with Crippen LogP contribution in [0.5, 0.6) is 0 Å². The standard InChI is InChI=1S/C23H30F3N3O7S/c24-16-11-18(25)20(19(26)12-16)15-1-6-29(7-2-15)37(33,34)14-23(21(30)27-32)4-8-28(9-5-23)22(31)36-17-3-10-35-13-17/h11-12,15,17,32H,1-10,13-14H2,(H,27,30). The number of carbonyl (C=O) groups is 2. The highest BCUT2D eigenvalue weighted by Crippen LogP contribution is 2.37. The number of benzene rings is 1. The lowest BCUT2D eigenvalue weighted by molar-refractivity contribution is -0.141. The highest BCUT2D eigenvalue weighted by Gasteiger charge is 2.47. The van der Waals surface area contributed by atoms with Gasteiger partial charge in [0.2, 0.25) is 10.0 Å². The fourth-order valence-corrected chi connectivity index (χ4v) is 7.37. The molecule has 1 aromatic rings. The molecule has 4 rings (SSSR count). The van der Waals surface area contributed by atoms with Gasteiger partial charge in [0.1, 0.15) is 23.6 Å². The first kappa shape index (κ1) is 27.6. The van der Waals surface area contributed by atoms with Crippen LogP contribution in [0.25, 0.3) is 0 Å². The zero-order valence-electron chi connectivity index (χ0n) is 20.1. The molecule has 10 nitrogen and oxygen atoms in total. The summed E-state index contributed by atoms with van der Waals surface area (Å²) in [7, 11) is -4.02. The number of likely N-dealkylation sites (tertiary alicyclic amines) is 1. The van der Waals surface area contributed by atoms with Gasteiger partial charge in [-0.25, -0.2) is 36.2 Å². The highest BCUT2D eigenvalue weighted by molar-refractivity contribution is 7.89. The average Bonchev–Trinajstić information content (AvgIpc) is 3.36. The Morgan fingerprint density at radius 3 is 2.24 bits per heavy atom. The monoisotopic (exact) mass is 549 g/mol. The lowest BCUT2D eigenvalue weighted by Crippen LogP contribution is -2.55. The number of piperidine rings is 2. The minimum Gasteiger partial charge on any atom is -0.444 e. The fourth-order valence-electron chi connectivity index (χ4n) is 5.30. The normalized spacial score (nSPS) is 23.1. The number of hydroxylamine groups is 1. The summed E-state index contributed by atoms with van der Waals surface area (Å²) in [5, 5.41) is 9.33. The second kappa shape index (κ2) is 11.1. The van der Waals surface area contributed by atoms with Crippen LogP contribution >= 0.6 is 0 Å². The zero-order chi connectivity index (χ0) is 26.8. The van der Waals surface area contributed by atoms with E-state index in [9.17, 15) is 36.4 Å². The molecule has 0 bridgehead atoms. The number of hydrogen-bond acceptors (Lipinski definition) is 7. The average molecular weight is 550 g/mol. The summed E-state index contributed by atoms with van der Waals surface area (Å²) in [5.74, 6) is -5.14. The van der Waals surface area contributed by atoms with E-state index in [-0.39, 0.29) is 63.5 Å². The first-order valence-corrected chi connectivity index (χ1v) is 13.8. The predicted octanol–water partition coefficient (Wildman–Crippen LogP) is 2.13. The van der Waals surface area contributed by atoms with Crippen molar-refractivity contribution in [2.45, 2.75) is 44.1 Å². The molecular formula is C23H30F3N3O7S. The van der Waals surface area contributed by atoms with Crippen molar-refractivity contribution in [1.82, 2.24) is 14.7 Å². The van der Waals surface area contributed by atoms with Crippen molar-refractivity contribution in [3.05, 3.63) is 35.1 Å². The number of rotatable bonds is 6. The van der Waals surface area contributed by atoms with Gasteiger partial charge in [-0.05, 0) is 31.6 Å². The molecule has 3 fully saturated rings. The lowest BCUT2D eigenvalue weighted by atomic mass is 9.79. The number of carbonyl (C=O) groups excluding carboxylic acids is 2. The molecule has 0 spiro atoms. The van der Waals surface area contributed by atoms with E-state index in [4.69, 9.17) is 9.47 Å². The lowest BCUT2D eigenvalue weighted by Gasteiger charge is -2.41. The number of sulfonamides is 1. The van der Waals surface area contributed by atoms with Gasteiger partial charge in [-0.2, -0.15) is 0 Å². The minimum absolute atomic E-state index is 0.0165. The molecular weight excluding hydrogens is 519 g/mol. The van der Waals surface area contributed by atoms with Gasteiger partial charge in [0.05, 0.1) is 24.4 Å². The molecule has 3 aliphatic heterocycles. The van der Waals surface area contributed by atoms with E-state index in [0.717, 1.165) is 4.31 Å². The molecule has 0 saturated carbocycles. The second-order valence-corrected chi connectivity index (χ2v) is 11.8. The van der Waals surface area contributed by atoms with Crippen molar-refractivity contribution >= 4 is 22.0 Å². The summed E-state index contributed by atoms with van der Waals surface area (Å²) in [5.41, 5.74) is -0.183. The van der Waals surface area contributed by atoms with E-state index in [1.165, 1.54) is 4.90 Å². The molecule has 3 saturated heterocycles. The molecule has 0 aromatic heterocycles. The van der Waals surface area contributed by atoms with E-state index in [1.807, 2.05) is 0 Å². The summed E-state index contributed by atoms with van der Waals surface area (Å²) in [6.07, 6.45) is -0.135. The largest absolute Gasteiger partial charge is 0.444 e. The van der Waals surface area contributed by atoms with Crippen molar-refractivity contribution in [3.8, 4) is 0 Å². The Labute approximate surface area is 212 Å². The van der Waals surface area contributed by atoms with Gasteiger partial charge in [-0.3, -0.25) is 10.0 Å². The predicted molar refractivity (Wildman–Crippen MR) is 123 cm³/mol. The minimum atomic E-state index is -4.02. The molecule has 1 unspecified atom stereocenters. The summed E-state index contributed by atoms with van der Waals surface area (Å²) in [6.45, 7) is 0.845. The third-order valence-corrected chi connectivity index (χ3v) is 9.54. The van der Waals surface area contributed by atoms with E-state index in [1.54, 1.807) is 5.48 Å². The van der Waals surface area contributed by atoms with Crippen molar-refractivity contribution in [2.24, 2.45) is 5.41 Å². The molecule has 14 heteroatoms. The smallest absolute Gasteiger partial charge is 0.410 e. The van der Waals surface area contributed by atoms with E-state index >= 15 is 0 Å². The first-order chi connectivity index (χ1) is 17.5. The van der Waals surface area contributed by atoms with Gasteiger partial charge in [0, 0.05) is 50.3 Å². The van der Waals surface area contributed by atoms with Gasteiger partial charge in [0.15, 0.2) is 0 Å². The van der Waals surface area contributed by atoms with Gasteiger partial charge in [-0.1, -0.05) is 0 Å². The Bertz CT molecular complexity index is 1090. The topological polar surface area (TPSA) is 125 Å². The number of halogens is 3. The molecule has 3 aliphatic rings. The number of hydrogen-bond donors (Lipinski definition) is 2. The fraction of sp³-hybridized carbons (Fsp3) is 0.652. The molecule has 0 aliphatic carbocycles. The van der Waals surface area contributed by atoms with Crippen LogP contribution in [0.15, 0.2) is 12.1 Å². The molecule has 3 heterocycles. The van der Waals surface area contributed by atoms with Crippen molar-refractivity contribution in [1.29, 1.82) is 0 Å². The summed E-state index contributed by atoms with van der Waals surface area (Å²) >= 11 is 0. The zero-order valence-corrected chi connectivity index (χ0v) is 20.9. The summed E-state index contributed by atoms with van der Waals surface area (Å²) < 4.78 is 80.0. The van der Waals surface area contributed by atoms with Crippen LogP contribution < -0.4 is 5.48 Å². The van der Waals surface area contributed by atoms with Crippen LogP contribution in [0.2, 0.25) is 0 Å². The van der Waals surface area contributed by atoms with Crippen LogP contribution in [-0.4, -0.2) is 86.1 Å². The van der Waals surface area contributed by atoms with Crippen LogP contribution in [0.3, 0.4) is 0 Å². The third kappa shape index (κ3) is 6.02. The molecule has 0 radical (unpaired) electrons. The van der Waals surface area contributed by atoms with Crippen LogP contribution in [0.1, 0.15) is 43.6 Å². The maximum Gasteiger partial charge on any atom is 0.410 e. The quantitative estimate of drug-likeness (QED) is 0.411. The van der Waals surface area contributed by atoms with E-state index in [2.05, 4.69) is 0 Å². The Hall–Kier alpha value is -2.42. The number of amides is 2. The summed E-state index contributed by atoms with van der Waals surface area (Å²) in [4.78, 5) is 26.5. The molecule has 2 N–H and O–H groups in total. The van der Waals surface area contributed by atoms with E-state index < -0.39 is 56.6 Å². The van der Waals surface area contributed by atoms with Crippen molar-refractivity contribution < 1.29 is 45.9 Å². The van der Waals surface area contributed by atoms with Gasteiger partial charge < -0.3 is 14.4 Å². The van der Waals surface area contributed by atoms with Crippen LogP contribution in [0.4, 0.5) is 18.0 Å². The Morgan fingerprint density at radius 1 is 1.08 bits per heavy atom. The molecule has 1 atom stereocenters. The number of nitrogens with zero attached hydrogens (tertiary/aromatic N) is 2. The van der Waals surface area contributed by atoms with Crippen molar-refractivity contribution in [2.75, 3.05) is 45.1 Å². The molecule has 206 valence electrons. The van der Waals surface area contributed by atoms with Crippen LogP contribution in [-0.2, 0) is 24.3 Å². The van der Waals surface area contributed by atoms with Crippen molar-refractivity contribution in [3.63, 3.8) is 0 Å². The number of ether oxygens (including phenoxy) is 2. The number of nitrogens with one attached hydrogen (secondary N) is 1. The van der Waals surface area contributed by atoms with Gasteiger partial charge in [-0.15, -0.1) is 0 Å². The highest BCUT2D eigenvalue weighted by atomic mass is 32.2. The Balaban J connectivity index is 1.39. The SMILES string of the molecule is O=C(OC1CCOC1)N1CCC(CS(=O)(=O)N2CCC(c3c(F)cc(F)cc3F)CC2)(C(=O)NO)CC1. The summed E-state index contributed by atoms with van der Waals surface area (Å²) in [6, 6.07) is 1.20. The first-order valence-electron chi connectivity index (χ1n) is 12.1. The van der Waals surface area contributed by atoms with Gasteiger partial charge in [0.25, 0.3) is 5.91 Å². The van der Waals surface area contributed by atoms with Crippen LogP contribution in [0, 0.1) is 22.9 Å². The molecule has 37 heavy (non-hydrogen) atoms. The maximum absolute atomic E-state index is 14.2. The third-order valence-electron chi connectivity index (χ3n) is 7.48. The molecule has 2 amide bonds. The molecule has 1 aromatic carbocycles. The van der Waals surface area contributed by atoms with Gasteiger partial charge >= 0.3 is 6.09 Å². The maximum atomic E-state index is 14.2. The second-order valence-electron chi connectivity index (χ2n) is 9.79. The Morgan fingerprint density at radius 2 is 1.70 bits per heavy atom.